The van der Waals surface area contributed by atoms with E-state index in [9.17, 15) is 4.79 Å². The van der Waals surface area contributed by atoms with Gasteiger partial charge in [-0.25, -0.2) is 0 Å². The van der Waals surface area contributed by atoms with Crippen LogP contribution in [0.5, 0.6) is 0 Å². The Labute approximate surface area is 93.7 Å². The predicted molar refractivity (Wildman–Crippen MR) is 59.9 cm³/mol. The maximum Gasteiger partial charge on any atom is 0.254 e. The molecule has 0 spiro atoms. The van der Waals surface area contributed by atoms with E-state index in [-0.39, 0.29) is 11.9 Å². The van der Waals surface area contributed by atoms with Crippen LogP contribution in [0.15, 0.2) is 17.4 Å². The van der Waals surface area contributed by atoms with Gasteiger partial charge in [0.05, 0.1) is 6.20 Å². The predicted octanol–water partition coefficient (Wildman–Crippen LogP) is 0.0394. The fraction of sp³-hybridized carbons (Fsp3) is 0.500. The monoisotopic (exact) mass is 221 g/mol. The fourth-order valence-corrected chi connectivity index (χ4v) is 1.66. The lowest BCUT2D eigenvalue weighted by atomic mass is 10.2. The molecule has 1 saturated heterocycles. The van der Waals surface area contributed by atoms with Gasteiger partial charge >= 0.3 is 0 Å². The summed E-state index contributed by atoms with van der Waals surface area (Å²) in [6.45, 7) is 2.95. The number of hydrogen-bond acceptors (Lipinski definition) is 3. The highest BCUT2D eigenvalue weighted by Gasteiger charge is 2.30. The Bertz CT molecular complexity index is 423. The molecule has 2 heterocycles. The fourth-order valence-electron chi connectivity index (χ4n) is 1.66. The van der Waals surface area contributed by atoms with Crippen molar-refractivity contribution in [1.82, 2.24) is 20.4 Å². The number of aromatic nitrogens is 2. The van der Waals surface area contributed by atoms with Crippen LogP contribution in [0.4, 0.5) is 0 Å². The maximum absolute atomic E-state index is 11.6. The first-order chi connectivity index (χ1) is 7.74. The van der Waals surface area contributed by atoms with Crippen molar-refractivity contribution in [2.45, 2.75) is 25.9 Å². The van der Waals surface area contributed by atoms with E-state index in [4.69, 9.17) is 0 Å². The molecular formula is C10H15N5O. The second-order valence-corrected chi connectivity index (χ2v) is 3.68. The van der Waals surface area contributed by atoms with Crippen molar-refractivity contribution in [3.8, 4) is 0 Å². The molecule has 2 N–H and O–H groups in total. The molecule has 1 aromatic heterocycles. The summed E-state index contributed by atoms with van der Waals surface area (Å²) in [6.07, 6.45) is 4.62. The van der Waals surface area contributed by atoms with Crippen LogP contribution in [0.3, 0.4) is 0 Å². The molecule has 86 valence electrons. The zero-order valence-corrected chi connectivity index (χ0v) is 9.40. The normalized spacial score (nSPS) is 22.2. The Morgan fingerprint density at radius 2 is 2.44 bits per heavy atom. The Kier molecular flexibility index (Phi) is 2.89. The number of hydrogen-bond donors (Lipinski definition) is 2. The maximum atomic E-state index is 11.6. The minimum Gasteiger partial charge on any atom is -0.340 e. The zero-order chi connectivity index (χ0) is 11.5. The lowest BCUT2D eigenvalue weighted by Gasteiger charge is -2.03. The smallest absolute Gasteiger partial charge is 0.254 e. The molecule has 16 heavy (non-hydrogen) atoms. The summed E-state index contributed by atoms with van der Waals surface area (Å²) in [7, 11) is 1.63. The van der Waals surface area contributed by atoms with Crippen molar-refractivity contribution in [3.05, 3.63) is 18.0 Å². The van der Waals surface area contributed by atoms with E-state index in [0.29, 0.717) is 5.96 Å². The molecule has 1 fully saturated rings. The summed E-state index contributed by atoms with van der Waals surface area (Å²) in [5, 5.41) is 9.85. The Morgan fingerprint density at radius 3 is 3.06 bits per heavy atom. The molecule has 6 nitrogen and oxygen atoms in total. The molecule has 0 aromatic carbocycles. The van der Waals surface area contributed by atoms with E-state index in [1.54, 1.807) is 13.2 Å². The van der Waals surface area contributed by atoms with E-state index >= 15 is 0 Å². The standard InChI is InChI=1S/C10H15N5O/c1-3-4-15-6-7(5-12-15)8-9(16)14-10(11-2)13-8/h5-6,8H,3-4H2,1-2H3,(H2,11,13,14,16). The van der Waals surface area contributed by atoms with Gasteiger partial charge in [0.1, 0.15) is 6.04 Å². The van der Waals surface area contributed by atoms with Gasteiger partial charge in [-0.15, -0.1) is 0 Å². The molecule has 0 aliphatic carbocycles. The lowest BCUT2D eigenvalue weighted by Crippen LogP contribution is -2.24. The van der Waals surface area contributed by atoms with E-state index in [0.717, 1.165) is 18.5 Å². The third-order valence-corrected chi connectivity index (χ3v) is 2.45. The van der Waals surface area contributed by atoms with Crippen molar-refractivity contribution < 1.29 is 4.79 Å². The molecule has 1 aliphatic rings. The summed E-state index contributed by atoms with van der Waals surface area (Å²) in [4.78, 5) is 15.5. The highest BCUT2D eigenvalue weighted by Crippen LogP contribution is 2.15. The SMILES string of the molecule is CCCn1cc(C2NC(=NC)NC2=O)cn1. The second kappa shape index (κ2) is 4.34. The first-order valence-corrected chi connectivity index (χ1v) is 5.31. The van der Waals surface area contributed by atoms with Gasteiger partial charge in [-0.2, -0.15) is 5.10 Å². The van der Waals surface area contributed by atoms with Crippen LogP contribution in [-0.4, -0.2) is 28.7 Å². The van der Waals surface area contributed by atoms with Gasteiger partial charge in [0.25, 0.3) is 5.91 Å². The average Bonchev–Trinajstić information content (AvgIpc) is 2.85. The van der Waals surface area contributed by atoms with Crippen molar-refractivity contribution in [3.63, 3.8) is 0 Å². The third kappa shape index (κ3) is 1.91. The molecule has 0 bridgehead atoms. The summed E-state index contributed by atoms with van der Waals surface area (Å²) in [5.41, 5.74) is 0.865. The van der Waals surface area contributed by atoms with Crippen molar-refractivity contribution >= 4 is 11.9 Å². The van der Waals surface area contributed by atoms with Crippen LogP contribution < -0.4 is 10.6 Å². The number of carbonyl (C=O) groups excluding carboxylic acids is 1. The van der Waals surface area contributed by atoms with Crippen molar-refractivity contribution in [1.29, 1.82) is 0 Å². The van der Waals surface area contributed by atoms with E-state index in [1.165, 1.54) is 0 Å². The molecule has 1 amide bonds. The van der Waals surface area contributed by atoms with E-state index in [2.05, 4.69) is 27.6 Å². The lowest BCUT2D eigenvalue weighted by molar-refractivity contribution is -0.120. The van der Waals surface area contributed by atoms with Crippen LogP contribution in [0.25, 0.3) is 0 Å². The largest absolute Gasteiger partial charge is 0.340 e. The van der Waals surface area contributed by atoms with Crippen LogP contribution in [0, 0.1) is 0 Å². The van der Waals surface area contributed by atoms with Crippen molar-refractivity contribution in [2.24, 2.45) is 4.99 Å². The Morgan fingerprint density at radius 1 is 1.62 bits per heavy atom. The van der Waals surface area contributed by atoms with Gasteiger partial charge in [0.15, 0.2) is 5.96 Å². The molecule has 1 atom stereocenters. The molecule has 1 unspecified atom stereocenters. The summed E-state index contributed by atoms with van der Waals surface area (Å²) < 4.78 is 1.84. The second-order valence-electron chi connectivity index (χ2n) is 3.68. The molecular weight excluding hydrogens is 206 g/mol. The molecule has 0 radical (unpaired) electrons. The highest BCUT2D eigenvalue weighted by molar-refractivity contribution is 6.06. The van der Waals surface area contributed by atoms with Crippen LogP contribution in [0.1, 0.15) is 24.9 Å². The van der Waals surface area contributed by atoms with E-state index in [1.807, 2.05) is 10.9 Å². The van der Waals surface area contributed by atoms with Crippen molar-refractivity contribution in [2.75, 3.05) is 7.05 Å². The first kappa shape index (κ1) is 10.7. The quantitative estimate of drug-likeness (QED) is 0.757. The molecule has 1 aromatic rings. The summed E-state index contributed by atoms with van der Waals surface area (Å²) in [6, 6.07) is -0.371. The van der Waals surface area contributed by atoms with Crippen LogP contribution in [-0.2, 0) is 11.3 Å². The molecule has 2 rings (SSSR count). The highest BCUT2D eigenvalue weighted by atomic mass is 16.2. The van der Waals surface area contributed by atoms with Gasteiger partial charge in [0, 0.05) is 25.4 Å². The number of aryl methyl sites for hydroxylation is 1. The van der Waals surface area contributed by atoms with Gasteiger partial charge in [-0.05, 0) is 6.42 Å². The number of rotatable bonds is 3. The zero-order valence-electron chi connectivity index (χ0n) is 9.40. The van der Waals surface area contributed by atoms with Crippen LogP contribution in [0.2, 0.25) is 0 Å². The summed E-state index contributed by atoms with van der Waals surface area (Å²) in [5.74, 6) is 0.426. The third-order valence-electron chi connectivity index (χ3n) is 2.45. The van der Waals surface area contributed by atoms with Gasteiger partial charge in [-0.1, -0.05) is 6.92 Å². The molecule has 6 heteroatoms. The van der Waals surface area contributed by atoms with Gasteiger partial charge in [0.2, 0.25) is 0 Å². The molecule has 0 saturated carbocycles. The first-order valence-electron chi connectivity index (χ1n) is 5.31. The number of nitrogens with one attached hydrogen (secondary N) is 2. The topological polar surface area (TPSA) is 71.3 Å². The van der Waals surface area contributed by atoms with Crippen LogP contribution >= 0.6 is 0 Å². The summed E-state index contributed by atoms with van der Waals surface area (Å²) >= 11 is 0. The number of nitrogens with zero attached hydrogens (tertiary/aromatic N) is 3. The average molecular weight is 221 g/mol. The number of guanidine groups is 1. The minimum absolute atomic E-state index is 0.0864. The minimum atomic E-state index is -0.371. The Balaban J connectivity index is 2.15. The van der Waals surface area contributed by atoms with Gasteiger partial charge in [-0.3, -0.25) is 19.8 Å². The van der Waals surface area contributed by atoms with E-state index < -0.39 is 0 Å². The number of carbonyl (C=O) groups is 1. The number of aliphatic imine (C=N–C) groups is 1. The Hall–Kier alpha value is -1.85. The van der Waals surface area contributed by atoms with Gasteiger partial charge < -0.3 is 5.32 Å². The number of amides is 1. The molecule has 1 aliphatic heterocycles.